The quantitative estimate of drug-likeness (QED) is 0.875. The molecule has 1 aromatic carbocycles. The van der Waals surface area contributed by atoms with Gasteiger partial charge in [-0.15, -0.1) is 0 Å². The van der Waals surface area contributed by atoms with Crippen molar-refractivity contribution in [1.29, 1.82) is 0 Å². The molecule has 2 N–H and O–H groups in total. The number of aliphatic hydroxyl groups is 1. The second kappa shape index (κ2) is 4.62. The number of hydrogen-bond donors (Lipinski definition) is 2. The molecule has 2 aromatic rings. The number of halogens is 1. The fourth-order valence-electron chi connectivity index (χ4n) is 2.87. The highest BCUT2D eigenvalue weighted by atomic mass is 19.1. The van der Waals surface area contributed by atoms with Crippen molar-refractivity contribution in [3.63, 3.8) is 0 Å². The fourth-order valence-corrected chi connectivity index (χ4v) is 2.87. The van der Waals surface area contributed by atoms with Crippen LogP contribution in [0.4, 0.5) is 4.39 Å². The van der Waals surface area contributed by atoms with Crippen molar-refractivity contribution in [3.8, 4) is 0 Å². The van der Waals surface area contributed by atoms with Crippen LogP contribution in [0.15, 0.2) is 28.7 Å². The Labute approximate surface area is 111 Å². The average Bonchev–Trinajstić information content (AvgIpc) is 2.83. The minimum absolute atomic E-state index is 0.286. The molecule has 0 radical (unpaired) electrons. The molecule has 0 saturated heterocycles. The van der Waals surface area contributed by atoms with Crippen LogP contribution < -0.4 is 5.32 Å². The standard InChI is InChI=1S/C15H18FNO2/c1-17-12-4-6-15(18,7-5-12)14-9-10-8-11(16)2-3-13(10)19-14/h2-3,8-9,12,17-18H,4-7H2,1H3. The van der Waals surface area contributed by atoms with Gasteiger partial charge in [0, 0.05) is 11.4 Å². The summed E-state index contributed by atoms with van der Waals surface area (Å²) in [5, 5.41) is 14.7. The van der Waals surface area contributed by atoms with Crippen LogP contribution >= 0.6 is 0 Å². The van der Waals surface area contributed by atoms with Gasteiger partial charge < -0.3 is 14.8 Å². The summed E-state index contributed by atoms with van der Waals surface area (Å²) in [4.78, 5) is 0. The highest BCUT2D eigenvalue weighted by Crippen LogP contribution is 2.39. The second-order valence-corrected chi connectivity index (χ2v) is 5.39. The number of rotatable bonds is 2. The molecular weight excluding hydrogens is 245 g/mol. The van der Waals surface area contributed by atoms with E-state index in [1.807, 2.05) is 7.05 Å². The maximum atomic E-state index is 13.2. The molecule has 1 aliphatic rings. The molecular formula is C15H18FNO2. The number of hydrogen-bond acceptors (Lipinski definition) is 3. The summed E-state index contributed by atoms with van der Waals surface area (Å²) in [5.74, 6) is 0.272. The predicted molar refractivity (Wildman–Crippen MR) is 71.4 cm³/mol. The largest absolute Gasteiger partial charge is 0.458 e. The molecule has 4 heteroatoms. The van der Waals surface area contributed by atoms with Crippen molar-refractivity contribution in [1.82, 2.24) is 5.32 Å². The lowest BCUT2D eigenvalue weighted by atomic mass is 9.80. The third-order valence-corrected chi connectivity index (χ3v) is 4.16. The third-order valence-electron chi connectivity index (χ3n) is 4.16. The molecule has 1 fully saturated rings. The van der Waals surface area contributed by atoms with E-state index in [-0.39, 0.29) is 5.82 Å². The summed E-state index contributed by atoms with van der Waals surface area (Å²) < 4.78 is 18.9. The maximum absolute atomic E-state index is 13.2. The van der Waals surface area contributed by atoms with Crippen LogP contribution in [0.5, 0.6) is 0 Å². The Hall–Kier alpha value is -1.39. The minimum Gasteiger partial charge on any atom is -0.458 e. The first kappa shape index (κ1) is 12.6. The van der Waals surface area contributed by atoms with Crippen molar-refractivity contribution in [2.45, 2.75) is 37.3 Å². The summed E-state index contributed by atoms with van der Waals surface area (Å²) in [6.45, 7) is 0. The van der Waals surface area contributed by atoms with Crippen molar-refractivity contribution in [2.24, 2.45) is 0 Å². The molecule has 102 valence electrons. The zero-order chi connectivity index (χ0) is 13.5. The first-order valence-corrected chi connectivity index (χ1v) is 6.70. The van der Waals surface area contributed by atoms with Gasteiger partial charge in [0.2, 0.25) is 0 Å². The molecule has 1 saturated carbocycles. The first-order chi connectivity index (χ1) is 9.10. The molecule has 1 heterocycles. The van der Waals surface area contributed by atoms with Crippen LogP contribution in [0, 0.1) is 5.82 Å². The smallest absolute Gasteiger partial charge is 0.136 e. The molecule has 0 unspecified atom stereocenters. The number of fused-ring (bicyclic) bond motifs is 1. The molecule has 0 amide bonds. The molecule has 0 spiro atoms. The Bertz CT molecular complexity index is 585. The molecule has 0 bridgehead atoms. The van der Waals surface area contributed by atoms with E-state index in [1.165, 1.54) is 12.1 Å². The molecule has 3 nitrogen and oxygen atoms in total. The Kier molecular flexibility index (Phi) is 3.07. The number of benzene rings is 1. The average molecular weight is 263 g/mol. The topological polar surface area (TPSA) is 45.4 Å². The summed E-state index contributed by atoms with van der Waals surface area (Å²) in [6, 6.07) is 6.64. The Balaban J connectivity index is 1.91. The van der Waals surface area contributed by atoms with E-state index >= 15 is 0 Å². The summed E-state index contributed by atoms with van der Waals surface area (Å²) in [5.41, 5.74) is -0.288. The van der Waals surface area contributed by atoms with Crippen LogP contribution in [0.2, 0.25) is 0 Å². The van der Waals surface area contributed by atoms with Crippen LogP contribution in [0.25, 0.3) is 11.0 Å². The normalized spacial score (nSPS) is 27.8. The van der Waals surface area contributed by atoms with E-state index in [0.29, 0.717) is 35.6 Å². The highest BCUT2D eigenvalue weighted by molar-refractivity contribution is 5.78. The molecule has 1 aliphatic carbocycles. The van der Waals surface area contributed by atoms with Crippen molar-refractivity contribution >= 4 is 11.0 Å². The number of nitrogens with one attached hydrogen (secondary N) is 1. The lowest BCUT2D eigenvalue weighted by molar-refractivity contribution is -0.0249. The number of furan rings is 1. The zero-order valence-electron chi connectivity index (χ0n) is 10.9. The summed E-state index contributed by atoms with van der Waals surface area (Å²) in [6.07, 6.45) is 3.17. The van der Waals surface area contributed by atoms with Gasteiger partial charge in [0.25, 0.3) is 0 Å². The van der Waals surface area contributed by atoms with Gasteiger partial charge in [-0.1, -0.05) is 0 Å². The van der Waals surface area contributed by atoms with Gasteiger partial charge in [-0.2, -0.15) is 0 Å². The Morgan fingerprint density at radius 3 is 2.74 bits per heavy atom. The van der Waals surface area contributed by atoms with E-state index < -0.39 is 5.60 Å². The lowest BCUT2D eigenvalue weighted by Crippen LogP contribution is -2.38. The zero-order valence-corrected chi connectivity index (χ0v) is 10.9. The Morgan fingerprint density at radius 1 is 1.32 bits per heavy atom. The first-order valence-electron chi connectivity index (χ1n) is 6.70. The van der Waals surface area contributed by atoms with Crippen LogP contribution in [0.3, 0.4) is 0 Å². The SMILES string of the molecule is CNC1CCC(O)(c2cc3cc(F)ccc3o2)CC1. The fraction of sp³-hybridized carbons (Fsp3) is 0.467. The lowest BCUT2D eigenvalue weighted by Gasteiger charge is -2.34. The minimum atomic E-state index is -0.914. The van der Waals surface area contributed by atoms with E-state index in [4.69, 9.17) is 4.42 Å². The molecule has 0 aliphatic heterocycles. The van der Waals surface area contributed by atoms with Crippen LogP contribution in [0.1, 0.15) is 31.4 Å². The van der Waals surface area contributed by atoms with Gasteiger partial charge in [0.15, 0.2) is 0 Å². The molecule has 0 atom stereocenters. The summed E-state index contributed by atoms with van der Waals surface area (Å²) in [7, 11) is 1.94. The van der Waals surface area contributed by atoms with Crippen molar-refractivity contribution < 1.29 is 13.9 Å². The monoisotopic (exact) mass is 263 g/mol. The van der Waals surface area contributed by atoms with Gasteiger partial charge in [0.1, 0.15) is 22.8 Å². The van der Waals surface area contributed by atoms with E-state index in [9.17, 15) is 9.50 Å². The van der Waals surface area contributed by atoms with Gasteiger partial charge in [-0.05, 0) is 57.0 Å². The van der Waals surface area contributed by atoms with Crippen molar-refractivity contribution in [3.05, 3.63) is 35.8 Å². The molecule has 19 heavy (non-hydrogen) atoms. The van der Waals surface area contributed by atoms with E-state index in [0.717, 1.165) is 12.8 Å². The van der Waals surface area contributed by atoms with Crippen molar-refractivity contribution in [2.75, 3.05) is 7.05 Å². The van der Waals surface area contributed by atoms with Gasteiger partial charge in [0.05, 0.1) is 0 Å². The predicted octanol–water partition coefficient (Wildman–Crippen LogP) is 2.92. The van der Waals surface area contributed by atoms with Crippen LogP contribution in [-0.4, -0.2) is 18.2 Å². The van der Waals surface area contributed by atoms with Gasteiger partial charge in [-0.25, -0.2) is 4.39 Å². The van der Waals surface area contributed by atoms with Gasteiger partial charge >= 0.3 is 0 Å². The van der Waals surface area contributed by atoms with E-state index in [2.05, 4.69) is 5.32 Å². The molecule has 3 rings (SSSR count). The second-order valence-electron chi connectivity index (χ2n) is 5.39. The summed E-state index contributed by atoms with van der Waals surface area (Å²) >= 11 is 0. The highest BCUT2D eigenvalue weighted by Gasteiger charge is 2.37. The van der Waals surface area contributed by atoms with Gasteiger partial charge in [-0.3, -0.25) is 0 Å². The Morgan fingerprint density at radius 2 is 2.05 bits per heavy atom. The van der Waals surface area contributed by atoms with Crippen LogP contribution in [-0.2, 0) is 5.60 Å². The maximum Gasteiger partial charge on any atom is 0.136 e. The van der Waals surface area contributed by atoms with E-state index in [1.54, 1.807) is 12.1 Å². The third kappa shape index (κ3) is 2.26. The molecule has 1 aromatic heterocycles.